The van der Waals surface area contributed by atoms with Gasteiger partial charge in [-0.3, -0.25) is 4.79 Å². The number of hydrogen-bond donors (Lipinski definition) is 1. The van der Waals surface area contributed by atoms with E-state index in [1.54, 1.807) is 0 Å². The molecule has 1 N–H and O–H groups in total. The second-order valence-corrected chi connectivity index (χ2v) is 4.66. The van der Waals surface area contributed by atoms with Gasteiger partial charge in [-0.25, -0.2) is 5.10 Å². The normalized spacial score (nSPS) is 18.4. The Hall–Kier alpha value is -0.640. The van der Waals surface area contributed by atoms with Crippen LogP contribution < -0.4 is 5.56 Å². The minimum atomic E-state index is -0.149. The molecule has 3 nitrogen and oxygen atoms in total. The highest BCUT2D eigenvalue weighted by Gasteiger charge is 2.17. The van der Waals surface area contributed by atoms with Crippen LogP contribution in [0.4, 0.5) is 0 Å². The number of rotatable bonds is 1. The van der Waals surface area contributed by atoms with Gasteiger partial charge in [0.05, 0.1) is 10.2 Å². The maximum Gasteiger partial charge on any atom is 0.278 e. The summed E-state index contributed by atoms with van der Waals surface area (Å²) in [5, 5.41) is 6.61. The van der Waals surface area contributed by atoms with Gasteiger partial charge in [-0.15, -0.1) is 0 Å². The zero-order valence-corrected chi connectivity index (χ0v) is 9.51. The van der Waals surface area contributed by atoms with Crippen molar-refractivity contribution in [3.05, 3.63) is 26.6 Å². The van der Waals surface area contributed by atoms with E-state index in [9.17, 15) is 4.79 Å². The lowest BCUT2D eigenvalue weighted by Gasteiger charge is -2.20. The summed E-state index contributed by atoms with van der Waals surface area (Å²) in [4.78, 5) is 11.1. The Morgan fingerprint density at radius 1 is 1.36 bits per heavy atom. The number of nitrogens with zero attached hydrogens (tertiary/aromatic N) is 1. The molecule has 1 aromatic heterocycles. The van der Waals surface area contributed by atoms with E-state index < -0.39 is 0 Å². The third kappa shape index (κ3) is 2.05. The van der Waals surface area contributed by atoms with Crippen LogP contribution in [-0.4, -0.2) is 10.2 Å². The Labute approximate surface area is 91.1 Å². The summed E-state index contributed by atoms with van der Waals surface area (Å²) in [7, 11) is 0. The Morgan fingerprint density at radius 2 is 2.07 bits per heavy atom. The second kappa shape index (κ2) is 4.26. The number of H-pyrrole nitrogens is 1. The van der Waals surface area contributed by atoms with E-state index in [1.807, 2.05) is 6.07 Å². The van der Waals surface area contributed by atoms with Crippen LogP contribution in [0.25, 0.3) is 0 Å². The highest BCUT2D eigenvalue weighted by atomic mass is 79.9. The molecule has 2 rings (SSSR count). The van der Waals surface area contributed by atoms with Crippen LogP contribution in [0.1, 0.15) is 43.7 Å². The molecule has 14 heavy (non-hydrogen) atoms. The summed E-state index contributed by atoms with van der Waals surface area (Å²) in [5.41, 5.74) is 0.876. The molecule has 1 aliphatic rings. The lowest BCUT2D eigenvalue weighted by Crippen LogP contribution is -2.14. The Bertz CT molecular complexity index is 369. The van der Waals surface area contributed by atoms with Crippen molar-refractivity contribution >= 4 is 15.9 Å². The van der Waals surface area contributed by atoms with Gasteiger partial charge in [-0.05, 0) is 34.8 Å². The first-order chi connectivity index (χ1) is 6.77. The zero-order valence-electron chi connectivity index (χ0n) is 7.92. The van der Waals surface area contributed by atoms with Crippen LogP contribution >= 0.6 is 15.9 Å². The highest BCUT2D eigenvalue weighted by molar-refractivity contribution is 9.10. The van der Waals surface area contributed by atoms with E-state index in [0.29, 0.717) is 10.4 Å². The van der Waals surface area contributed by atoms with Crippen LogP contribution in [0, 0.1) is 0 Å². The predicted octanol–water partition coefficient (Wildman–Crippen LogP) is 2.58. The van der Waals surface area contributed by atoms with E-state index >= 15 is 0 Å². The summed E-state index contributed by atoms with van der Waals surface area (Å²) >= 11 is 3.23. The lowest BCUT2D eigenvalue weighted by atomic mass is 9.87. The van der Waals surface area contributed by atoms with E-state index in [4.69, 9.17) is 0 Å². The molecule has 1 saturated carbocycles. The maximum atomic E-state index is 11.1. The molecule has 0 bridgehead atoms. The summed E-state index contributed by atoms with van der Waals surface area (Å²) in [6.07, 6.45) is 6.30. The molecule has 0 aliphatic heterocycles. The van der Waals surface area contributed by atoms with Crippen LogP contribution in [-0.2, 0) is 0 Å². The molecule has 0 radical (unpaired) electrons. The van der Waals surface area contributed by atoms with Gasteiger partial charge in [-0.2, -0.15) is 5.10 Å². The van der Waals surface area contributed by atoms with Gasteiger partial charge < -0.3 is 0 Å². The van der Waals surface area contributed by atoms with Crippen LogP contribution in [0.2, 0.25) is 0 Å². The SMILES string of the molecule is O=c1[nH]nc(C2CCCCC2)cc1Br. The largest absolute Gasteiger partial charge is 0.278 e. The molecular weight excluding hydrogens is 244 g/mol. The van der Waals surface area contributed by atoms with Gasteiger partial charge in [0.1, 0.15) is 0 Å². The van der Waals surface area contributed by atoms with Crippen molar-refractivity contribution in [1.82, 2.24) is 10.2 Å². The number of nitrogens with one attached hydrogen (secondary N) is 1. The van der Waals surface area contributed by atoms with E-state index in [-0.39, 0.29) is 5.56 Å². The van der Waals surface area contributed by atoms with Gasteiger partial charge in [0.2, 0.25) is 0 Å². The summed E-state index contributed by atoms with van der Waals surface area (Å²) in [6.45, 7) is 0. The average molecular weight is 257 g/mol. The predicted molar refractivity (Wildman–Crippen MR) is 58.4 cm³/mol. The number of halogens is 1. The topological polar surface area (TPSA) is 45.8 Å². The molecule has 0 atom stereocenters. The summed E-state index contributed by atoms with van der Waals surface area (Å²) in [6, 6.07) is 1.86. The molecule has 1 aliphatic carbocycles. The first kappa shape index (κ1) is 9.90. The minimum Gasteiger partial charge on any atom is -0.267 e. The molecule has 76 valence electrons. The minimum absolute atomic E-state index is 0.149. The van der Waals surface area contributed by atoms with Crippen molar-refractivity contribution in [1.29, 1.82) is 0 Å². The molecule has 0 spiro atoms. The van der Waals surface area contributed by atoms with Crippen molar-refractivity contribution < 1.29 is 0 Å². The second-order valence-electron chi connectivity index (χ2n) is 3.80. The van der Waals surface area contributed by atoms with Gasteiger partial charge >= 0.3 is 0 Å². The van der Waals surface area contributed by atoms with Crippen molar-refractivity contribution in [2.24, 2.45) is 0 Å². The third-order valence-electron chi connectivity index (χ3n) is 2.80. The van der Waals surface area contributed by atoms with E-state index in [1.165, 1.54) is 32.1 Å². The third-order valence-corrected chi connectivity index (χ3v) is 3.39. The van der Waals surface area contributed by atoms with Gasteiger partial charge in [0.25, 0.3) is 5.56 Å². The molecule has 4 heteroatoms. The smallest absolute Gasteiger partial charge is 0.267 e. The average Bonchev–Trinajstić information content (AvgIpc) is 2.23. The van der Waals surface area contributed by atoms with Gasteiger partial charge in [0.15, 0.2) is 0 Å². The number of aromatic amines is 1. The van der Waals surface area contributed by atoms with Crippen LogP contribution in [0.3, 0.4) is 0 Å². The monoisotopic (exact) mass is 256 g/mol. The molecule has 1 fully saturated rings. The van der Waals surface area contributed by atoms with Crippen molar-refractivity contribution in [2.45, 2.75) is 38.0 Å². The Kier molecular flexibility index (Phi) is 3.01. The van der Waals surface area contributed by atoms with Gasteiger partial charge in [0, 0.05) is 5.92 Å². The molecule has 0 saturated heterocycles. The Balaban J connectivity index is 2.22. The van der Waals surface area contributed by atoms with Crippen molar-refractivity contribution in [3.8, 4) is 0 Å². The van der Waals surface area contributed by atoms with E-state index in [2.05, 4.69) is 26.1 Å². The molecule has 0 unspecified atom stereocenters. The lowest BCUT2D eigenvalue weighted by molar-refractivity contribution is 0.433. The van der Waals surface area contributed by atoms with Crippen LogP contribution in [0.5, 0.6) is 0 Å². The first-order valence-electron chi connectivity index (χ1n) is 5.02. The van der Waals surface area contributed by atoms with Gasteiger partial charge in [-0.1, -0.05) is 19.3 Å². The number of hydrogen-bond acceptors (Lipinski definition) is 2. The first-order valence-corrected chi connectivity index (χ1v) is 5.82. The quantitative estimate of drug-likeness (QED) is 0.840. The number of aromatic nitrogens is 2. The molecule has 1 heterocycles. The fourth-order valence-electron chi connectivity index (χ4n) is 2.00. The molecular formula is C10H13BrN2O. The Morgan fingerprint density at radius 3 is 2.71 bits per heavy atom. The molecule has 1 aromatic rings. The fourth-order valence-corrected chi connectivity index (χ4v) is 2.33. The summed E-state index contributed by atoms with van der Waals surface area (Å²) in [5.74, 6) is 0.539. The summed E-state index contributed by atoms with van der Waals surface area (Å²) < 4.78 is 0.591. The maximum absolute atomic E-state index is 11.1. The van der Waals surface area contributed by atoms with Crippen molar-refractivity contribution in [2.75, 3.05) is 0 Å². The standard InChI is InChI=1S/C10H13BrN2O/c11-8-6-9(12-13-10(8)14)7-4-2-1-3-5-7/h6-7H,1-5H2,(H,13,14). The molecule has 0 aromatic carbocycles. The molecule has 0 amide bonds. The fraction of sp³-hybridized carbons (Fsp3) is 0.600. The zero-order chi connectivity index (χ0) is 9.97. The van der Waals surface area contributed by atoms with E-state index in [0.717, 1.165) is 5.69 Å². The van der Waals surface area contributed by atoms with Crippen molar-refractivity contribution in [3.63, 3.8) is 0 Å². The highest BCUT2D eigenvalue weighted by Crippen LogP contribution is 2.31. The van der Waals surface area contributed by atoms with Crippen LogP contribution in [0.15, 0.2) is 15.3 Å².